The second-order valence-corrected chi connectivity index (χ2v) is 8.51. The third-order valence-electron chi connectivity index (χ3n) is 5.24. The fourth-order valence-corrected chi connectivity index (χ4v) is 4.40. The highest BCUT2D eigenvalue weighted by molar-refractivity contribution is 7.22. The second kappa shape index (κ2) is 9.43. The molecule has 0 spiro atoms. The van der Waals surface area contributed by atoms with Crippen LogP contribution in [0.1, 0.15) is 17.5 Å². The Morgan fingerprint density at radius 1 is 1.33 bits per heavy atom. The molecule has 3 heterocycles. The van der Waals surface area contributed by atoms with Crippen LogP contribution in [-0.4, -0.2) is 52.6 Å². The Bertz CT molecular complexity index is 1160. The van der Waals surface area contributed by atoms with Crippen LogP contribution in [0, 0.1) is 11.7 Å². The number of benzene rings is 1. The summed E-state index contributed by atoms with van der Waals surface area (Å²) in [6.07, 6.45) is -2.63. The van der Waals surface area contributed by atoms with Gasteiger partial charge in [0.1, 0.15) is 12.1 Å². The molecule has 0 unspecified atom stereocenters. The van der Waals surface area contributed by atoms with Gasteiger partial charge >= 0.3 is 12.2 Å². The lowest BCUT2D eigenvalue weighted by atomic mass is 10.1. The van der Waals surface area contributed by atoms with E-state index in [-0.39, 0.29) is 18.5 Å². The number of urea groups is 1. The van der Waals surface area contributed by atoms with Crippen molar-refractivity contribution in [2.24, 2.45) is 5.92 Å². The summed E-state index contributed by atoms with van der Waals surface area (Å²) in [7, 11) is 1.48. The van der Waals surface area contributed by atoms with E-state index in [2.05, 4.69) is 25.6 Å². The number of carbonyl (C=O) groups excluding carboxylic acids is 1. The first kappa shape index (κ1) is 23.1. The number of methoxy groups -OCH3 is 1. The maximum absolute atomic E-state index is 13.4. The van der Waals surface area contributed by atoms with Crippen LogP contribution in [0.2, 0.25) is 0 Å². The SMILES string of the molecule is COc1ncnc2sc(NC(=O)N3CC[C@H](CNCc4ccc(F)c(C(F)(F)F)c4)C3)nc12. The third kappa shape index (κ3) is 5.30. The van der Waals surface area contributed by atoms with Crippen LogP contribution in [0.15, 0.2) is 24.5 Å². The number of amides is 2. The topological polar surface area (TPSA) is 92.3 Å². The Morgan fingerprint density at radius 3 is 2.91 bits per heavy atom. The van der Waals surface area contributed by atoms with E-state index in [0.29, 0.717) is 46.6 Å². The predicted octanol–water partition coefficient (Wildman–Crippen LogP) is 3.90. The molecule has 13 heteroatoms. The Morgan fingerprint density at radius 2 is 2.15 bits per heavy atom. The highest BCUT2D eigenvalue weighted by atomic mass is 32.1. The number of nitrogens with one attached hydrogen (secondary N) is 2. The lowest BCUT2D eigenvalue weighted by molar-refractivity contribution is -0.140. The van der Waals surface area contributed by atoms with Gasteiger partial charge in [0.15, 0.2) is 15.5 Å². The molecular formula is C20H20F4N6O2S. The molecule has 1 aliphatic rings. The molecule has 1 atom stereocenters. The first-order valence-electron chi connectivity index (χ1n) is 10.0. The molecule has 1 aliphatic heterocycles. The second-order valence-electron chi connectivity index (χ2n) is 7.53. The zero-order valence-electron chi connectivity index (χ0n) is 17.4. The van der Waals surface area contributed by atoms with Gasteiger partial charge in [0.05, 0.1) is 12.7 Å². The average molecular weight is 484 g/mol. The molecular weight excluding hydrogens is 464 g/mol. The van der Waals surface area contributed by atoms with Gasteiger partial charge in [-0.25, -0.2) is 19.2 Å². The predicted molar refractivity (Wildman–Crippen MR) is 114 cm³/mol. The van der Waals surface area contributed by atoms with Crippen LogP contribution in [0.4, 0.5) is 27.5 Å². The fraction of sp³-hybridized carbons (Fsp3) is 0.400. The number of thiazole rings is 1. The molecule has 176 valence electrons. The van der Waals surface area contributed by atoms with E-state index in [9.17, 15) is 22.4 Å². The van der Waals surface area contributed by atoms with Crippen molar-refractivity contribution in [3.8, 4) is 5.88 Å². The van der Waals surface area contributed by atoms with Gasteiger partial charge in [-0.1, -0.05) is 17.4 Å². The Balaban J connectivity index is 1.28. The van der Waals surface area contributed by atoms with Gasteiger partial charge in [0, 0.05) is 26.2 Å². The van der Waals surface area contributed by atoms with Crippen LogP contribution in [0.25, 0.3) is 10.3 Å². The van der Waals surface area contributed by atoms with Gasteiger partial charge < -0.3 is 15.0 Å². The van der Waals surface area contributed by atoms with E-state index in [1.807, 2.05) is 0 Å². The largest absolute Gasteiger partial charge is 0.479 e. The molecule has 0 saturated carbocycles. The monoisotopic (exact) mass is 484 g/mol. The Labute approximate surface area is 190 Å². The van der Waals surface area contributed by atoms with E-state index in [4.69, 9.17) is 4.74 Å². The van der Waals surface area contributed by atoms with Crippen LogP contribution in [-0.2, 0) is 12.7 Å². The third-order valence-corrected chi connectivity index (χ3v) is 6.12. The number of rotatable bonds is 6. The number of hydrogen-bond acceptors (Lipinski definition) is 7. The van der Waals surface area contributed by atoms with E-state index in [1.165, 1.54) is 30.8 Å². The number of alkyl halides is 3. The molecule has 3 aromatic rings. The van der Waals surface area contributed by atoms with Crippen molar-refractivity contribution in [3.63, 3.8) is 0 Å². The molecule has 2 N–H and O–H groups in total. The van der Waals surface area contributed by atoms with Gasteiger partial charge in [-0.15, -0.1) is 0 Å². The van der Waals surface area contributed by atoms with Gasteiger partial charge in [-0.05, 0) is 30.0 Å². The summed E-state index contributed by atoms with van der Waals surface area (Å²) in [5.41, 5.74) is -0.465. The summed E-state index contributed by atoms with van der Waals surface area (Å²) in [5.74, 6) is -0.825. The number of likely N-dealkylation sites (tertiary alicyclic amines) is 1. The van der Waals surface area contributed by atoms with Crippen molar-refractivity contribution in [3.05, 3.63) is 41.5 Å². The van der Waals surface area contributed by atoms with Crippen molar-refractivity contribution < 1.29 is 27.1 Å². The molecule has 0 aliphatic carbocycles. The van der Waals surface area contributed by atoms with Crippen molar-refractivity contribution in [2.75, 3.05) is 32.1 Å². The van der Waals surface area contributed by atoms with Crippen LogP contribution in [0.3, 0.4) is 0 Å². The highest BCUT2D eigenvalue weighted by Crippen LogP contribution is 2.32. The molecule has 0 radical (unpaired) electrons. The van der Waals surface area contributed by atoms with E-state index >= 15 is 0 Å². The maximum Gasteiger partial charge on any atom is 0.419 e. The summed E-state index contributed by atoms with van der Waals surface area (Å²) < 4.78 is 57.1. The number of fused-ring (bicyclic) bond motifs is 1. The first-order chi connectivity index (χ1) is 15.7. The highest BCUT2D eigenvalue weighted by Gasteiger charge is 2.34. The lowest BCUT2D eigenvalue weighted by Gasteiger charge is -2.17. The van der Waals surface area contributed by atoms with Crippen molar-refractivity contribution >= 4 is 32.8 Å². The summed E-state index contributed by atoms with van der Waals surface area (Å²) in [5, 5.41) is 6.24. The minimum atomic E-state index is -4.74. The van der Waals surface area contributed by atoms with Crippen LogP contribution < -0.4 is 15.4 Å². The van der Waals surface area contributed by atoms with Crippen molar-refractivity contribution in [1.29, 1.82) is 0 Å². The minimum Gasteiger partial charge on any atom is -0.479 e. The zero-order chi connectivity index (χ0) is 23.6. The van der Waals surface area contributed by atoms with Crippen molar-refractivity contribution in [2.45, 2.75) is 19.1 Å². The summed E-state index contributed by atoms with van der Waals surface area (Å²) >= 11 is 1.21. The minimum absolute atomic E-state index is 0.139. The van der Waals surface area contributed by atoms with Gasteiger partial charge in [0.2, 0.25) is 5.88 Å². The fourth-order valence-electron chi connectivity index (χ4n) is 3.61. The summed E-state index contributed by atoms with van der Waals surface area (Å²) in [6, 6.07) is 2.67. The van der Waals surface area contributed by atoms with Gasteiger partial charge in [-0.3, -0.25) is 5.32 Å². The van der Waals surface area contributed by atoms with E-state index in [0.717, 1.165) is 18.6 Å². The smallest absolute Gasteiger partial charge is 0.419 e. The van der Waals surface area contributed by atoms with Crippen LogP contribution in [0.5, 0.6) is 5.88 Å². The molecule has 0 bridgehead atoms. The average Bonchev–Trinajstić information content (AvgIpc) is 3.40. The molecule has 8 nitrogen and oxygen atoms in total. The first-order valence-corrected chi connectivity index (χ1v) is 10.8. The number of aromatic nitrogens is 3. The van der Waals surface area contributed by atoms with Gasteiger partial charge in [0.25, 0.3) is 0 Å². The van der Waals surface area contributed by atoms with Crippen molar-refractivity contribution in [1.82, 2.24) is 25.2 Å². The van der Waals surface area contributed by atoms with Crippen LogP contribution >= 0.6 is 11.3 Å². The molecule has 4 rings (SSSR count). The van der Waals surface area contributed by atoms with Gasteiger partial charge in [-0.2, -0.15) is 18.2 Å². The lowest BCUT2D eigenvalue weighted by Crippen LogP contribution is -2.34. The number of carbonyl (C=O) groups is 1. The summed E-state index contributed by atoms with van der Waals surface area (Å²) in [4.78, 5) is 27.3. The maximum atomic E-state index is 13.4. The normalized spacial score (nSPS) is 16.4. The number of halogens is 4. The molecule has 1 saturated heterocycles. The molecule has 2 aromatic heterocycles. The Hall–Kier alpha value is -3.06. The number of nitrogens with zero attached hydrogens (tertiary/aromatic N) is 4. The molecule has 1 fully saturated rings. The number of hydrogen-bond donors (Lipinski definition) is 2. The zero-order valence-corrected chi connectivity index (χ0v) is 18.3. The number of anilines is 1. The molecule has 33 heavy (non-hydrogen) atoms. The quantitative estimate of drug-likeness (QED) is 0.516. The summed E-state index contributed by atoms with van der Waals surface area (Å²) in [6.45, 7) is 1.71. The van der Waals surface area contributed by atoms with E-state index < -0.39 is 17.6 Å². The Kier molecular flexibility index (Phi) is 6.61. The molecule has 2 amide bonds. The molecule has 1 aromatic carbocycles. The number of ether oxygens (including phenoxy) is 1. The standard InChI is InChI=1S/C20H20F4N6O2S/c1-32-16-15-17(27-10-26-16)33-18(28-15)29-19(31)30-5-4-12(9-30)8-25-7-11-2-3-14(21)13(6-11)20(22,23)24/h2-3,6,10,12,25H,4-5,7-9H2,1H3,(H,28,29,31)/t12-/m1/s1. The van der Waals surface area contributed by atoms with E-state index in [1.54, 1.807) is 4.90 Å².